The van der Waals surface area contributed by atoms with Crippen molar-refractivity contribution in [3.63, 3.8) is 0 Å². The zero-order valence-electron chi connectivity index (χ0n) is 15.9. The van der Waals surface area contributed by atoms with Gasteiger partial charge in [0.1, 0.15) is 6.10 Å². The lowest BCUT2D eigenvalue weighted by molar-refractivity contribution is -0.144. The predicted molar refractivity (Wildman–Crippen MR) is 102 cm³/mol. The Morgan fingerprint density at radius 2 is 2.00 bits per heavy atom. The molecule has 1 aliphatic heterocycles. The van der Waals surface area contributed by atoms with Gasteiger partial charge >= 0.3 is 5.97 Å². The molecule has 4 rings (SSSR count). The molecule has 1 N–H and O–H groups in total. The minimum atomic E-state index is -0.789. The highest BCUT2D eigenvalue weighted by Gasteiger charge is 2.54. The molecule has 3 heteroatoms. The summed E-state index contributed by atoms with van der Waals surface area (Å²) in [4.78, 5) is 12.7. The second-order valence-corrected chi connectivity index (χ2v) is 8.35. The first kappa shape index (κ1) is 17.5. The van der Waals surface area contributed by atoms with Crippen LogP contribution in [-0.4, -0.2) is 22.8 Å². The van der Waals surface area contributed by atoms with Gasteiger partial charge in [0, 0.05) is 17.4 Å². The highest BCUT2D eigenvalue weighted by Crippen LogP contribution is 2.52. The Morgan fingerprint density at radius 1 is 1.27 bits per heavy atom. The van der Waals surface area contributed by atoms with E-state index in [1.165, 1.54) is 16.7 Å². The summed E-state index contributed by atoms with van der Waals surface area (Å²) >= 11 is 0. The summed E-state index contributed by atoms with van der Waals surface area (Å²) in [5.41, 5.74) is 5.02. The van der Waals surface area contributed by atoms with Crippen molar-refractivity contribution >= 4 is 12.0 Å². The Bertz CT molecular complexity index is 782. The summed E-state index contributed by atoms with van der Waals surface area (Å²) in [5.74, 6) is -0.205. The fourth-order valence-electron chi connectivity index (χ4n) is 5.05. The molecule has 1 heterocycles. The Kier molecular flexibility index (Phi) is 4.31. The number of rotatable bonds is 2. The van der Waals surface area contributed by atoms with Crippen LogP contribution in [-0.2, 0) is 16.0 Å². The van der Waals surface area contributed by atoms with Gasteiger partial charge in [0.25, 0.3) is 0 Å². The molecule has 3 nitrogen and oxygen atoms in total. The molecule has 1 saturated heterocycles. The summed E-state index contributed by atoms with van der Waals surface area (Å²) < 4.78 is 5.87. The van der Waals surface area contributed by atoms with E-state index in [0.717, 1.165) is 43.2 Å². The number of carbonyl (C=O) groups is 1. The SMILES string of the molecule is CCc1ccc(/C=C2\C(=O)O[C@H]3[C@H]2CCC(C)=C2CC[C@@](C)(O)[C@@H]23)cc1. The van der Waals surface area contributed by atoms with Crippen molar-refractivity contribution in [3.8, 4) is 0 Å². The molecule has 138 valence electrons. The third-order valence-corrected chi connectivity index (χ3v) is 6.64. The maximum atomic E-state index is 12.7. The number of aliphatic hydroxyl groups is 1. The van der Waals surface area contributed by atoms with Crippen molar-refractivity contribution in [2.24, 2.45) is 11.8 Å². The molecule has 2 fully saturated rings. The van der Waals surface area contributed by atoms with E-state index in [2.05, 4.69) is 38.1 Å². The normalized spacial score (nSPS) is 35.3. The highest BCUT2D eigenvalue weighted by atomic mass is 16.6. The summed E-state index contributed by atoms with van der Waals surface area (Å²) in [6.07, 6.45) is 6.34. The third kappa shape index (κ3) is 2.83. The molecule has 0 amide bonds. The number of hydrogen-bond acceptors (Lipinski definition) is 3. The maximum absolute atomic E-state index is 12.7. The topological polar surface area (TPSA) is 46.5 Å². The molecule has 26 heavy (non-hydrogen) atoms. The van der Waals surface area contributed by atoms with Gasteiger partial charge in [-0.3, -0.25) is 0 Å². The molecular formula is C23H28O3. The van der Waals surface area contributed by atoms with E-state index in [-0.39, 0.29) is 23.9 Å². The maximum Gasteiger partial charge on any atom is 0.334 e. The van der Waals surface area contributed by atoms with Crippen LogP contribution < -0.4 is 0 Å². The number of fused-ring (bicyclic) bond motifs is 3. The van der Waals surface area contributed by atoms with Crippen molar-refractivity contribution in [1.82, 2.24) is 0 Å². The van der Waals surface area contributed by atoms with Crippen LogP contribution in [0.2, 0.25) is 0 Å². The zero-order chi connectivity index (χ0) is 18.5. The van der Waals surface area contributed by atoms with Gasteiger partial charge in [0.15, 0.2) is 0 Å². The number of hydrogen-bond donors (Lipinski definition) is 1. The van der Waals surface area contributed by atoms with Gasteiger partial charge in [-0.2, -0.15) is 0 Å². The van der Waals surface area contributed by atoms with E-state index in [1.54, 1.807) is 0 Å². The quantitative estimate of drug-likeness (QED) is 0.486. The van der Waals surface area contributed by atoms with Crippen LogP contribution in [0.5, 0.6) is 0 Å². The molecule has 0 aromatic heterocycles. The summed E-state index contributed by atoms with van der Waals surface area (Å²) in [6, 6.07) is 8.37. The minimum absolute atomic E-state index is 0.0627. The molecule has 3 aliphatic rings. The monoisotopic (exact) mass is 352 g/mol. The lowest BCUT2D eigenvalue weighted by atomic mass is 9.79. The number of benzene rings is 1. The molecule has 1 aromatic carbocycles. The lowest BCUT2D eigenvalue weighted by Crippen LogP contribution is -2.40. The Morgan fingerprint density at radius 3 is 2.69 bits per heavy atom. The molecule has 0 bridgehead atoms. The Labute approximate surface area is 155 Å². The Balaban J connectivity index is 1.70. The van der Waals surface area contributed by atoms with Crippen molar-refractivity contribution in [1.29, 1.82) is 0 Å². The third-order valence-electron chi connectivity index (χ3n) is 6.64. The zero-order valence-corrected chi connectivity index (χ0v) is 15.9. The van der Waals surface area contributed by atoms with E-state index in [1.807, 2.05) is 13.0 Å². The standard InChI is InChI=1S/C23H28O3/c1-4-15-6-8-16(9-7-15)13-19-18-10-5-14(2)17-11-12-23(3,25)20(17)21(18)26-22(19)24/h6-9,13,18,20-21,25H,4-5,10-12H2,1-3H3/b19-13-/t18-,20-,21-,23+/m0/s1. The molecule has 1 saturated carbocycles. The van der Waals surface area contributed by atoms with E-state index >= 15 is 0 Å². The first-order valence-electron chi connectivity index (χ1n) is 9.83. The van der Waals surface area contributed by atoms with Gasteiger partial charge in [0.2, 0.25) is 0 Å². The van der Waals surface area contributed by atoms with Gasteiger partial charge < -0.3 is 9.84 Å². The number of allylic oxidation sites excluding steroid dienone is 1. The average molecular weight is 352 g/mol. The van der Waals surface area contributed by atoms with Gasteiger partial charge in [-0.25, -0.2) is 4.79 Å². The van der Waals surface area contributed by atoms with Gasteiger partial charge in [0.05, 0.1) is 5.60 Å². The Hall–Kier alpha value is -1.87. The summed E-state index contributed by atoms with van der Waals surface area (Å²) in [5, 5.41) is 11.0. The van der Waals surface area contributed by atoms with Crippen molar-refractivity contribution in [2.45, 2.75) is 64.6 Å². The van der Waals surface area contributed by atoms with Gasteiger partial charge in [-0.15, -0.1) is 0 Å². The molecule has 2 aliphatic carbocycles. The van der Waals surface area contributed by atoms with E-state index in [4.69, 9.17) is 4.74 Å². The fourth-order valence-corrected chi connectivity index (χ4v) is 5.05. The molecule has 0 unspecified atom stereocenters. The van der Waals surface area contributed by atoms with Crippen LogP contribution in [0.1, 0.15) is 57.6 Å². The van der Waals surface area contributed by atoms with Gasteiger partial charge in [-0.1, -0.05) is 42.3 Å². The second-order valence-electron chi connectivity index (χ2n) is 8.35. The van der Waals surface area contributed by atoms with Crippen LogP contribution in [0, 0.1) is 11.8 Å². The minimum Gasteiger partial charge on any atom is -0.458 e. The summed E-state index contributed by atoms with van der Waals surface area (Å²) in [6.45, 7) is 6.22. The largest absolute Gasteiger partial charge is 0.458 e. The predicted octanol–water partition coefficient (Wildman–Crippen LogP) is 4.45. The van der Waals surface area contributed by atoms with Crippen LogP contribution >= 0.6 is 0 Å². The smallest absolute Gasteiger partial charge is 0.334 e. The summed E-state index contributed by atoms with van der Waals surface area (Å²) in [7, 11) is 0. The second kappa shape index (κ2) is 6.38. The molecule has 0 spiro atoms. The lowest BCUT2D eigenvalue weighted by Gasteiger charge is -2.32. The van der Waals surface area contributed by atoms with E-state index in [0.29, 0.717) is 0 Å². The molecular weight excluding hydrogens is 324 g/mol. The number of aryl methyl sites for hydroxylation is 1. The number of ether oxygens (including phenoxy) is 1. The van der Waals surface area contributed by atoms with Crippen LogP contribution in [0.4, 0.5) is 0 Å². The fraction of sp³-hybridized carbons (Fsp3) is 0.522. The van der Waals surface area contributed by atoms with Crippen LogP contribution in [0.25, 0.3) is 6.08 Å². The first-order valence-corrected chi connectivity index (χ1v) is 9.83. The van der Waals surface area contributed by atoms with Crippen molar-refractivity contribution < 1.29 is 14.6 Å². The molecule has 4 atom stereocenters. The molecule has 0 radical (unpaired) electrons. The average Bonchev–Trinajstić information content (AvgIpc) is 3.04. The van der Waals surface area contributed by atoms with Crippen molar-refractivity contribution in [2.75, 3.05) is 0 Å². The highest BCUT2D eigenvalue weighted by molar-refractivity contribution is 5.96. The van der Waals surface area contributed by atoms with E-state index in [9.17, 15) is 9.90 Å². The first-order chi connectivity index (χ1) is 12.4. The van der Waals surface area contributed by atoms with Crippen molar-refractivity contribution in [3.05, 3.63) is 52.1 Å². The molecule has 1 aromatic rings. The number of esters is 1. The number of carbonyl (C=O) groups excluding carboxylic acids is 1. The van der Waals surface area contributed by atoms with Gasteiger partial charge in [-0.05, 0) is 63.2 Å². The van der Waals surface area contributed by atoms with Crippen LogP contribution in [0.3, 0.4) is 0 Å². The van der Waals surface area contributed by atoms with Crippen LogP contribution in [0.15, 0.2) is 41.0 Å². The van der Waals surface area contributed by atoms with E-state index < -0.39 is 5.60 Å².